The second-order valence-electron chi connectivity index (χ2n) is 6.89. The standard InChI is InChI=1S/C20H25NO4/c1-14(22)21-18-6-2-15(3-7-18)4-9-20(23)25-19-8-5-17-13-24-11-10-16(17)12-19/h2-4,6-7,9,16-17,19H,5,8,10-13H2,1H3,(H,21,22)/b9-4+. The van der Waals surface area contributed by atoms with Gasteiger partial charge >= 0.3 is 5.97 Å². The lowest BCUT2D eigenvalue weighted by Crippen LogP contribution is -2.36. The summed E-state index contributed by atoms with van der Waals surface area (Å²) < 4.78 is 11.1. The topological polar surface area (TPSA) is 64.6 Å². The van der Waals surface area contributed by atoms with Gasteiger partial charge in [-0.1, -0.05) is 12.1 Å². The second kappa shape index (κ2) is 8.30. The summed E-state index contributed by atoms with van der Waals surface area (Å²) in [5.74, 6) is 0.875. The maximum Gasteiger partial charge on any atom is 0.331 e. The lowest BCUT2D eigenvalue weighted by atomic mass is 9.75. The fourth-order valence-electron chi connectivity index (χ4n) is 3.68. The fourth-order valence-corrected chi connectivity index (χ4v) is 3.68. The number of rotatable bonds is 4. The zero-order valence-electron chi connectivity index (χ0n) is 14.6. The van der Waals surface area contributed by atoms with Crippen molar-refractivity contribution in [2.45, 2.75) is 38.7 Å². The van der Waals surface area contributed by atoms with Gasteiger partial charge < -0.3 is 14.8 Å². The number of nitrogens with one attached hydrogen (secondary N) is 1. The summed E-state index contributed by atoms with van der Waals surface area (Å²) >= 11 is 0. The van der Waals surface area contributed by atoms with E-state index in [1.165, 1.54) is 13.0 Å². The summed E-state index contributed by atoms with van der Waals surface area (Å²) in [6.45, 7) is 3.16. The summed E-state index contributed by atoms with van der Waals surface area (Å²) in [7, 11) is 0. The molecule has 2 aliphatic rings. The van der Waals surface area contributed by atoms with Crippen LogP contribution >= 0.6 is 0 Å². The third-order valence-corrected chi connectivity index (χ3v) is 4.98. The van der Waals surface area contributed by atoms with E-state index in [0.717, 1.165) is 50.1 Å². The quantitative estimate of drug-likeness (QED) is 0.672. The van der Waals surface area contributed by atoms with Gasteiger partial charge in [-0.2, -0.15) is 0 Å². The highest BCUT2D eigenvalue weighted by Gasteiger charge is 2.34. The smallest absolute Gasteiger partial charge is 0.331 e. The van der Waals surface area contributed by atoms with Crippen molar-refractivity contribution in [1.29, 1.82) is 0 Å². The highest BCUT2D eigenvalue weighted by molar-refractivity contribution is 5.89. The highest BCUT2D eigenvalue weighted by Crippen LogP contribution is 2.36. The average Bonchev–Trinajstić information content (AvgIpc) is 2.60. The van der Waals surface area contributed by atoms with Crippen LogP contribution in [0.1, 0.15) is 38.2 Å². The van der Waals surface area contributed by atoms with E-state index in [1.54, 1.807) is 18.2 Å². The molecule has 25 heavy (non-hydrogen) atoms. The van der Waals surface area contributed by atoms with Gasteiger partial charge in [0.2, 0.25) is 5.91 Å². The largest absolute Gasteiger partial charge is 0.459 e. The van der Waals surface area contributed by atoms with Crippen molar-refractivity contribution in [2.24, 2.45) is 11.8 Å². The molecule has 0 radical (unpaired) electrons. The minimum atomic E-state index is -0.290. The monoisotopic (exact) mass is 343 g/mol. The van der Waals surface area contributed by atoms with Crippen molar-refractivity contribution in [3.8, 4) is 0 Å². The van der Waals surface area contributed by atoms with Crippen molar-refractivity contribution in [3.63, 3.8) is 0 Å². The van der Waals surface area contributed by atoms with E-state index in [1.807, 2.05) is 12.1 Å². The molecule has 5 heteroatoms. The number of fused-ring (bicyclic) bond motifs is 1. The minimum Gasteiger partial charge on any atom is -0.459 e. The van der Waals surface area contributed by atoms with E-state index in [9.17, 15) is 9.59 Å². The van der Waals surface area contributed by atoms with Crippen LogP contribution in [0.25, 0.3) is 6.08 Å². The molecule has 1 heterocycles. The Morgan fingerprint density at radius 2 is 1.96 bits per heavy atom. The van der Waals surface area contributed by atoms with Gasteiger partial charge in [0.25, 0.3) is 0 Å². The zero-order chi connectivity index (χ0) is 17.6. The van der Waals surface area contributed by atoms with E-state index >= 15 is 0 Å². The van der Waals surface area contributed by atoms with Gasteiger partial charge in [0, 0.05) is 31.9 Å². The first-order valence-electron chi connectivity index (χ1n) is 8.94. The first kappa shape index (κ1) is 17.7. The van der Waals surface area contributed by atoms with E-state index in [-0.39, 0.29) is 18.0 Å². The van der Waals surface area contributed by atoms with Gasteiger partial charge in [0.1, 0.15) is 6.10 Å². The molecule has 5 nitrogen and oxygen atoms in total. The van der Waals surface area contributed by atoms with E-state index in [4.69, 9.17) is 9.47 Å². The fraction of sp³-hybridized carbons (Fsp3) is 0.500. The van der Waals surface area contributed by atoms with Crippen LogP contribution in [0.4, 0.5) is 5.69 Å². The van der Waals surface area contributed by atoms with E-state index < -0.39 is 0 Å². The molecule has 1 saturated heterocycles. The maximum atomic E-state index is 12.1. The van der Waals surface area contributed by atoms with E-state index in [0.29, 0.717) is 11.8 Å². The second-order valence-corrected chi connectivity index (χ2v) is 6.89. The Morgan fingerprint density at radius 1 is 1.16 bits per heavy atom. The Hall–Kier alpha value is -2.14. The molecule has 1 aliphatic carbocycles. The molecule has 1 aliphatic heterocycles. The van der Waals surface area contributed by atoms with Gasteiger partial charge in [-0.15, -0.1) is 0 Å². The summed E-state index contributed by atoms with van der Waals surface area (Å²) in [6, 6.07) is 7.31. The van der Waals surface area contributed by atoms with Crippen molar-refractivity contribution >= 4 is 23.6 Å². The van der Waals surface area contributed by atoms with Crippen molar-refractivity contribution in [3.05, 3.63) is 35.9 Å². The SMILES string of the molecule is CC(=O)Nc1ccc(/C=C/C(=O)OC2CCC3COCCC3C2)cc1. The molecule has 3 unspecified atom stereocenters. The third kappa shape index (κ3) is 5.16. The zero-order valence-corrected chi connectivity index (χ0v) is 14.6. The number of esters is 1. The number of carbonyl (C=O) groups is 2. The number of anilines is 1. The predicted molar refractivity (Wildman–Crippen MR) is 95.9 cm³/mol. The van der Waals surface area contributed by atoms with Crippen molar-refractivity contribution < 1.29 is 19.1 Å². The molecular weight excluding hydrogens is 318 g/mol. The van der Waals surface area contributed by atoms with Crippen LogP contribution < -0.4 is 5.32 Å². The molecule has 1 aromatic carbocycles. The van der Waals surface area contributed by atoms with E-state index in [2.05, 4.69) is 5.32 Å². The van der Waals surface area contributed by atoms with Gasteiger partial charge in [-0.3, -0.25) is 4.79 Å². The highest BCUT2D eigenvalue weighted by atomic mass is 16.5. The van der Waals surface area contributed by atoms with Gasteiger partial charge in [0.15, 0.2) is 0 Å². The first-order chi connectivity index (χ1) is 12.1. The lowest BCUT2D eigenvalue weighted by Gasteiger charge is -2.38. The third-order valence-electron chi connectivity index (χ3n) is 4.98. The number of hydrogen-bond donors (Lipinski definition) is 1. The molecule has 1 amide bonds. The Morgan fingerprint density at radius 3 is 2.72 bits per heavy atom. The molecule has 0 bridgehead atoms. The number of benzene rings is 1. The summed E-state index contributed by atoms with van der Waals surface area (Å²) in [5.41, 5.74) is 1.62. The van der Waals surface area contributed by atoms with Crippen LogP contribution in [-0.4, -0.2) is 31.2 Å². The van der Waals surface area contributed by atoms with Gasteiger partial charge in [-0.05, 0) is 61.3 Å². The van der Waals surface area contributed by atoms with Crippen molar-refractivity contribution in [1.82, 2.24) is 0 Å². The molecule has 3 atom stereocenters. The normalized spacial score (nSPS) is 26.0. The molecule has 134 valence electrons. The van der Waals surface area contributed by atoms with Crippen LogP contribution in [0.15, 0.2) is 30.3 Å². The Bertz CT molecular complexity index is 638. The number of amides is 1. The molecule has 0 spiro atoms. The molecule has 1 saturated carbocycles. The number of hydrogen-bond acceptors (Lipinski definition) is 4. The maximum absolute atomic E-state index is 12.1. The first-order valence-corrected chi connectivity index (χ1v) is 8.94. The average molecular weight is 343 g/mol. The van der Waals surface area contributed by atoms with Crippen LogP contribution in [0.2, 0.25) is 0 Å². The summed E-state index contributed by atoms with van der Waals surface area (Å²) in [5, 5.41) is 2.71. The molecular formula is C20H25NO4. The van der Waals surface area contributed by atoms with Gasteiger partial charge in [0.05, 0.1) is 0 Å². The molecule has 1 N–H and O–H groups in total. The Labute approximate surface area is 148 Å². The Balaban J connectivity index is 1.48. The Kier molecular flexibility index (Phi) is 5.87. The predicted octanol–water partition coefficient (Wildman–Crippen LogP) is 3.41. The van der Waals surface area contributed by atoms with Crippen LogP contribution in [-0.2, 0) is 19.1 Å². The van der Waals surface area contributed by atoms with Crippen molar-refractivity contribution in [2.75, 3.05) is 18.5 Å². The molecule has 0 aromatic heterocycles. The van der Waals surface area contributed by atoms with Crippen LogP contribution in [0, 0.1) is 11.8 Å². The molecule has 1 aromatic rings. The lowest BCUT2D eigenvalue weighted by molar-refractivity contribution is -0.147. The number of carbonyl (C=O) groups excluding carboxylic acids is 2. The number of ether oxygens (including phenoxy) is 2. The van der Waals surface area contributed by atoms with Gasteiger partial charge in [-0.25, -0.2) is 4.79 Å². The molecule has 3 rings (SSSR count). The summed E-state index contributed by atoms with van der Waals surface area (Å²) in [6.07, 6.45) is 7.28. The van der Waals surface area contributed by atoms with Crippen LogP contribution in [0.5, 0.6) is 0 Å². The summed E-state index contributed by atoms with van der Waals surface area (Å²) in [4.78, 5) is 23.1. The molecule has 2 fully saturated rings. The minimum absolute atomic E-state index is 0.0265. The van der Waals surface area contributed by atoms with Crippen LogP contribution in [0.3, 0.4) is 0 Å².